The second-order valence-electron chi connectivity index (χ2n) is 40.2. The number of aromatic hydroxyl groups is 6. The number of hydrogen-bond acceptors (Lipinski definition) is 30. The minimum Gasteiger partial charge on any atom is -0.504 e. The smallest absolute Gasteiger partial charge is 0.338 e. The minimum atomic E-state index is -1.77. The fourth-order valence-corrected chi connectivity index (χ4v) is 26.5. The van der Waals surface area contributed by atoms with Crippen molar-refractivity contribution in [3.63, 3.8) is 0 Å². The fourth-order valence-electron chi connectivity index (χ4n) is 26.5. The van der Waals surface area contributed by atoms with Crippen molar-refractivity contribution >= 4 is 23.9 Å². The molecule has 0 radical (unpaired) electrons. The first-order valence-corrected chi connectivity index (χ1v) is 41.2. The predicted octanol–water partition coefficient (Wildman–Crippen LogP) is 4.78. The number of rotatable bonds is 12. The number of carbonyl (C=O) groups is 4. The van der Waals surface area contributed by atoms with Crippen molar-refractivity contribution in [3.05, 3.63) is 58.7 Å². The van der Waals surface area contributed by atoms with Crippen LogP contribution >= 0.6 is 0 Å². The molecule has 12 aliphatic rings. The van der Waals surface area contributed by atoms with Gasteiger partial charge < -0.3 is 131 Å². The Kier molecular flexibility index (Phi) is 22.7. The van der Waals surface area contributed by atoms with Crippen LogP contribution in [0.3, 0.4) is 0 Å². The highest BCUT2D eigenvalue weighted by molar-refractivity contribution is 5.92. The Labute approximate surface area is 674 Å². The van der Waals surface area contributed by atoms with Gasteiger partial charge >= 0.3 is 23.9 Å². The van der Waals surface area contributed by atoms with Gasteiger partial charge in [0.2, 0.25) is 12.6 Å². The molecule has 116 heavy (non-hydrogen) atoms. The lowest BCUT2D eigenvalue weighted by molar-refractivity contribution is -0.298. The number of phenols is 6. The molecule has 2 aliphatic heterocycles. The summed E-state index contributed by atoms with van der Waals surface area (Å²) in [7, 11) is 0. The summed E-state index contributed by atoms with van der Waals surface area (Å²) in [5.74, 6) is -9.55. The summed E-state index contributed by atoms with van der Waals surface area (Å²) >= 11 is 0. The van der Waals surface area contributed by atoms with Crippen molar-refractivity contribution in [2.24, 2.45) is 100 Å². The summed E-state index contributed by atoms with van der Waals surface area (Å²) in [6.07, 6.45) is -10.6. The summed E-state index contributed by atoms with van der Waals surface area (Å²) < 4.78 is 34.8. The SMILES string of the molecule is CC1(C)CC[C@]2(C(=O)O[C@@H]3OC(CO)[C@@H](O)[C@H](O)C3O)CC[C@]3(C)C(=CCC4[C@@]5(C)C[C@@H](O)[C@H](OC(=O)c6cc(O)c(O)c(O)c6)[C@@](C)(CO)C5CC[C@]43C)[C@@H]2[C@@H]1O.CC1(C)CC[C@]2(C(=O)O[C@@H]3OC(CO)[C@@H](O)[C@H](O)C3O)CC[C@]3(C)C(=CCC4[C@@]5(C)C[C@@H](O)[C@H](OC(=O)c6cc(O)c(O)c(O)c6)[C@](C)(CO)C5CC[C@]43C)[C@@H]2[C@@H]1O. The zero-order valence-corrected chi connectivity index (χ0v) is 68.3. The third-order valence-electron chi connectivity index (χ3n) is 33.8. The molecule has 2 heterocycles. The van der Waals surface area contributed by atoms with E-state index < -0.39 is 260 Å². The van der Waals surface area contributed by atoms with E-state index in [9.17, 15) is 121 Å². The molecule has 0 spiro atoms. The monoisotopic (exact) mass is 1640 g/mol. The van der Waals surface area contributed by atoms with E-state index in [-0.39, 0.29) is 47.6 Å². The van der Waals surface area contributed by atoms with Crippen LogP contribution in [0, 0.1) is 100 Å². The van der Waals surface area contributed by atoms with Crippen LogP contribution in [0.15, 0.2) is 47.6 Å². The molecule has 32 atom stereocenters. The first kappa shape index (κ1) is 87.8. The van der Waals surface area contributed by atoms with Gasteiger partial charge in [-0.3, -0.25) is 9.59 Å². The Morgan fingerprint density at radius 1 is 0.405 bits per heavy atom. The maximum atomic E-state index is 14.6. The van der Waals surface area contributed by atoms with Crippen molar-refractivity contribution in [2.45, 2.75) is 284 Å². The lowest BCUT2D eigenvalue weighted by Crippen LogP contribution is -2.69. The van der Waals surface area contributed by atoms with Crippen LogP contribution in [0.1, 0.15) is 207 Å². The number of allylic oxidation sites excluding steroid dienone is 2. The van der Waals surface area contributed by atoms with Crippen LogP contribution in [0.2, 0.25) is 0 Å². The van der Waals surface area contributed by atoms with E-state index in [1.54, 1.807) is 0 Å². The van der Waals surface area contributed by atoms with Gasteiger partial charge in [-0.15, -0.1) is 0 Å². The summed E-state index contributed by atoms with van der Waals surface area (Å²) in [6.45, 7) is 22.6. The van der Waals surface area contributed by atoms with Gasteiger partial charge in [0, 0.05) is 22.7 Å². The third kappa shape index (κ3) is 12.9. The summed E-state index contributed by atoms with van der Waals surface area (Å²) in [5, 5.41) is 213. The predicted molar refractivity (Wildman–Crippen MR) is 407 cm³/mol. The van der Waals surface area contributed by atoms with Crippen LogP contribution in [-0.4, -0.2) is 250 Å². The van der Waals surface area contributed by atoms with E-state index in [1.165, 1.54) is 0 Å². The molecular formula is C86H124O30. The zero-order valence-electron chi connectivity index (χ0n) is 68.3. The molecule has 20 N–H and O–H groups in total. The Balaban J connectivity index is 0.000000202. The second kappa shape index (κ2) is 29.9. The van der Waals surface area contributed by atoms with E-state index in [0.29, 0.717) is 89.9 Å². The van der Waals surface area contributed by atoms with Gasteiger partial charge in [-0.05, 0) is 194 Å². The standard InChI is InChI=1S/2C43H62O15/c2*1-38(2)11-13-43(37(55)58-36-32(52)31(51)30(50)25(18-44)56-36)14-12-41(5)21(28(43)33(38)53)7-8-27-39(3)17-24(48)34(40(4,19-45)26(39)9-10-42(27,41)6)57-35(54)20-15-22(46)29(49)23(47)16-20/h2*7,15-16,24-28,30-34,36,44-53H,8-14,17-19H2,1-6H3/t24-,25?,26?,27?,28-,30-,31+,32?,33+,34+,36+,39+,40+,41-,42-,43+;24-,25?,26?,27?,28-,30-,31+,32?,33+,34+,36+,39+,40-,41-,42-,43+/m11/s1. The summed E-state index contributed by atoms with van der Waals surface area (Å²) in [5.41, 5.74) is -7.38. The largest absolute Gasteiger partial charge is 0.504 e. The number of aliphatic hydroxyl groups excluding tert-OH is 14. The van der Waals surface area contributed by atoms with Crippen molar-refractivity contribution in [1.29, 1.82) is 0 Å². The van der Waals surface area contributed by atoms with Crippen molar-refractivity contribution < 1.29 is 150 Å². The molecular weight excluding hydrogens is 1510 g/mol. The van der Waals surface area contributed by atoms with Crippen molar-refractivity contribution in [3.8, 4) is 34.5 Å². The van der Waals surface area contributed by atoms with Gasteiger partial charge in [0.05, 0.1) is 72.8 Å². The molecule has 0 amide bonds. The van der Waals surface area contributed by atoms with Crippen LogP contribution in [-0.2, 0) is 38.0 Å². The number of ether oxygens (including phenoxy) is 6. The lowest BCUT2D eigenvalue weighted by atomic mass is 9.33. The Morgan fingerprint density at radius 2 is 0.724 bits per heavy atom. The molecule has 2 aromatic rings. The quantitative estimate of drug-likeness (QED) is 0.0588. The lowest BCUT2D eigenvalue weighted by Gasteiger charge is -2.72. The molecule has 648 valence electrons. The fraction of sp³-hybridized carbons (Fsp3) is 0.767. The third-order valence-corrected chi connectivity index (χ3v) is 33.8. The molecule has 0 aromatic heterocycles. The van der Waals surface area contributed by atoms with Crippen molar-refractivity contribution in [1.82, 2.24) is 0 Å². The topological polar surface area (TPSA) is 528 Å². The number of hydrogen-bond donors (Lipinski definition) is 20. The molecule has 10 aliphatic carbocycles. The first-order valence-electron chi connectivity index (χ1n) is 41.2. The van der Waals surface area contributed by atoms with Gasteiger partial charge in [0.25, 0.3) is 0 Å². The number of phenolic OH excluding ortho intramolecular Hbond substituents is 6. The molecule has 2 saturated heterocycles. The molecule has 0 bridgehead atoms. The Hall–Kier alpha value is -6.04. The van der Waals surface area contributed by atoms with Crippen LogP contribution in [0.5, 0.6) is 34.5 Å². The van der Waals surface area contributed by atoms with Gasteiger partial charge in [-0.2, -0.15) is 0 Å². The average Bonchev–Trinajstić information content (AvgIpc) is 0.673. The summed E-state index contributed by atoms with van der Waals surface area (Å²) in [4.78, 5) is 56.0. The van der Waals surface area contributed by atoms with Gasteiger partial charge in [0.1, 0.15) is 61.0 Å². The highest BCUT2D eigenvalue weighted by Gasteiger charge is 2.76. The molecule has 30 nitrogen and oxygen atoms in total. The highest BCUT2D eigenvalue weighted by atomic mass is 16.7. The van der Waals surface area contributed by atoms with E-state index in [1.807, 2.05) is 41.5 Å². The summed E-state index contributed by atoms with van der Waals surface area (Å²) in [6, 6.07) is 3.85. The first-order chi connectivity index (χ1) is 53.9. The number of aliphatic hydroxyl groups is 14. The van der Waals surface area contributed by atoms with E-state index >= 15 is 0 Å². The Morgan fingerprint density at radius 3 is 1.03 bits per heavy atom. The molecule has 8 unspecified atom stereocenters. The van der Waals surface area contributed by atoms with Crippen LogP contribution < -0.4 is 0 Å². The Bertz CT molecular complexity index is 3870. The average molecular weight is 1640 g/mol. The molecule has 30 heteroatoms. The van der Waals surface area contributed by atoms with Crippen LogP contribution in [0.4, 0.5) is 0 Å². The zero-order chi connectivity index (χ0) is 85.4. The maximum Gasteiger partial charge on any atom is 0.338 e. The van der Waals surface area contributed by atoms with Crippen LogP contribution in [0.25, 0.3) is 0 Å². The minimum absolute atomic E-state index is 0.0435. The van der Waals surface area contributed by atoms with E-state index in [4.69, 9.17) is 28.4 Å². The van der Waals surface area contributed by atoms with Crippen molar-refractivity contribution in [2.75, 3.05) is 26.4 Å². The van der Waals surface area contributed by atoms with Gasteiger partial charge in [-0.1, -0.05) is 106 Å². The second-order valence-corrected chi connectivity index (χ2v) is 40.2. The normalized spacial score (nSPS) is 47.0. The van der Waals surface area contributed by atoms with E-state index in [0.717, 1.165) is 35.4 Å². The number of esters is 4. The number of benzene rings is 2. The molecule has 2 aromatic carbocycles. The maximum absolute atomic E-state index is 14.6. The van der Waals surface area contributed by atoms with Gasteiger partial charge in [-0.25, -0.2) is 9.59 Å². The van der Waals surface area contributed by atoms with Gasteiger partial charge in [0.15, 0.2) is 34.5 Å². The number of fused-ring (bicyclic) bond motifs is 14. The molecule has 8 saturated carbocycles. The number of carbonyl (C=O) groups excluding carboxylic acids is 4. The highest BCUT2D eigenvalue weighted by Crippen LogP contribution is 2.79. The van der Waals surface area contributed by atoms with E-state index in [2.05, 4.69) is 53.7 Å². The molecule has 10 fully saturated rings. The molecule has 14 rings (SSSR count).